The van der Waals surface area contributed by atoms with Crippen LogP contribution in [0.3, 0.4) is 0 Å². The van der Waals surface area contributed by atoms with Gasteiger partial charge >= 0.3 is 0 Å². The zero-order chi connectivity index (χ0) is 18.4. The van der Waals surface area contributed by atoms with Gasteiger partial charge in [0.1, 0.15) is 5.75 Å². The number of benzene rings is 1. The van der Waals surface area contributed by atoms with E-state index in [-0.39, 0.29) is 35.5 Å². The Balaban J connectivity index is 1.63. The summed E-state index contributed by atoms with van der Waals surface area (Å²) in [4.78, 5) is 25.3. The van der Waals surface area contributed by atoms with Gasteiger partial charge in [-0.2, -0.15) is 10.1 Å². The molecule has 1 aromatic rings. The van der Waals surface area contributed by atoms with Crippen LogP contribution in [0, 0.1) is 23.7 Å². The smallest absolute Gasteiger partial charge is 0.254 e. The molecule has 0 spiro atoms. The standard InChI is InChI=1S/C19H20N2O5/c1-24-13-8-15(26-3)14(25-2)7-12(13)9-20-21-18(22)16-10-4-5-11(6-10)17(16)19(21)23/h4-5,7-11,16-17H,6H2,1-3H3/t10-,11-,16-,17+/m0/s1. The van der Waals surface area contributed by atoms with E-state index < -0.39 is 0 Å². The topological polar surface area (TPSA) is 77.4 Å². The number of hydrogen-bond acceptors (Lipinski definition) is 6. The van der Waals surface area contributed by atoms with Gasteiger partial charge in [0, 0.05) is 11.6 Å². The van der Waals surface area contributed by atoms with E-state index in [1.807, 2.05) is 0 Å². The van der Waals surface area contributed by atoms with Gasteiger partial charge in [-0.05, 0) is 24.3 Å². The number of rotatable bonds is 5. The maximum atomic E-state index is 12.7. The Morgan fingerprint density at radius 1 is 0.923 bits per heavy atom. The Morgan fingerprint density at radius 2 is 1.46 bits per heavy atom. The molecule has 2 fully saturated rings. The van der Waals surface area contributed by atoms with Gasteiger partial charge in [-0.3, -0.25) is 9.59 Å². The van der Waals surface area contributed by atoms with E-state index in [0.717, 1.165) is 11.4 Å². The maximum absolute atomic E-state index is 12.7. The second-order valence-electron chi connectivity index (χ2n) is 6.68. The van der Waals surface area contributed by atoms with E-state index in [1.54, 1.807) is 12.1 Å². The number of hydrazone groups is 1. The largest absolute Gasteiger partial charge is 0.496 e. The van der Waals surface area contributed by atoms with E-state index in [2.05, 4.69) is 17.3 Å². The SMILES string of the molecule is COc1cc(OC)c(OC)cc1C=NN1C(=O)[C@@H]2[C@H](C1=O)[C@H]1C=C[C@H]2C1. The lowest BCUT2D eigenvalue weighted by molar-refractivity contribution is -0.140. The molecule has 0 aromatic heterocycles. The van der Waals surface area contributed by atoms with E-state index in [0.29, 0.717) is 22.8 Å². The quantitative estimate of drug-likeness (QED) is 0.457. The van der Waals surface area contributed by atoms with Gasteiger partial charge in [-0.25, -0.2) is 0 Å². The first kappa shape index (κ1) is 16.6. The van der Waals surface area contributed by atoms with Crippen molar-refractivity contribution in [1.29, 1.82) is 0 Å². The van der Waals surface area contributed by atoms with Crippen LogP contribution >= 0.6 is 0 Å². The summed E-state index contributed by atoms with van der Waals surface area (Å²) < 4.78 is 15.9. The third-order valence-electron chi connectivity index (χ3n) is 5.50. The van der Waals surface area contributed by atoms with Crippen LogP contribution in [0.1, 0.15) is 12.0 Å². The third-order valence-corrected chi connectivity index (χ3v) is 5.50. The Labute approximate surface area is 151 Å². The molecule has 1 saturated heterocycles. The van der Waals surface area contributed by atoms with Crippen LogP contribution in [0.5, 0.6) is 17.2 Å². The van der Waals surface area contributed by atoms with E-state index in [9.17, 15) is 9.59 Å². The van der Waals surface area contributed by atoms with Crippen molar-refractivity contribution in [3.05, 3.63) is 29.8 Å². The molecule has 136 valence electrons. The van der Waals surface area contributed by atoms with Gasteiger partial charge in [0.05, 0.1) is 39.4 Å². The highest BCUT2D eigenvalue weighted by atomic mass is 16.5. The van der Waals surface area contributed by atoms with Crippen LogP contribution in [0.25, 0.3) is 0 Å². The summed E-state index contributed by atoms with van der Waals surface area (Å²) >= 11 is 0. The van der Waals surface area contributed by atoms with Crippen molar-refractivity contribution in [3.63, 3.8) is 0 Å². The number of methoxy groups -OCH3 is 3. The molecule has 2 amide bonds. The highest BCUT2D eigenvalue weighted by molar-refractivity contribution is 6.07. The zero-order valence-electron chi connectivity index (χ0n) is 14.8. The number of carbonyl (C=O) groups excluding carboxylic acids is 2. The van der Waals surface area contributed by atoms with Crippen molar-refractivity contribution in [2.24, 2.45) is 28.8 Å². The molecule has 4 rings (SSSR count). The van der Waals surface area contributed by atoms with Crippen molar-refractivity contribution in [1.82, 2.24) is 5.01 Å². The third kappa shape index (κ3) is 2.30. The number of fused-ring (bicyclic) bond motifs is 5. The van der Waals surface area contributed by atoms with Gasteiger partial charge in [-0.1, -0.05) is 12.2 Å². The van der Waals surface area contributed by atoms with Crippen LogP contribution in [0.2, 0.25) is 0 Å². The van der Waals surface area contributed by atoms with Crippen molar-refractivity contribution in [3.8, 4) is 17.2 Å². The van der Waals surface area contributed by atoms with Gasteiger partial charge in [0.15, 0.2) is 11.5 Å². The fourth-order valence-corrected chi connectivity index (χ4v) is 4.27. The fraction of sp³-hybridized carbons (Fsp3) is 0.421. The number of ether oxygens (including phenoxy) is 3. The first-order valence-corrected chi connectivity index (χ1v) is 8.49. The monoisotopic (exact) mass is 356 g/mol. The van der Waals surface area contributed by atoms with Crippen molar-refractivity contribution in [2.45, 2.75) is 6.42 Å². The van der Waals surface area contributed by atoms with Crippen LogP contribution in [-0.2, 0) is 9.59 Å². The molecule has 7 nitrogen and oxygen atoms in total. The van der Waals surface area contributed by atoms with Crippen LogP contribution in [0.4, 0.5) is 0 Å². The molecule has 0 radical (unpaired) electrons. The lowest BCUT2D eigenvalue weighted by Gasteiger charge is -2.13. The van der Waals surface area contributed by atoms with Gasteiger partial charge < -0.3 is 14.2 Å². The summed E-state index contributed by atoms with van der Waals surface area (Å²) in [6, 6.07) is 3.37. The lowest BCUT2D eigenvalue weighted by atomic mass is 9.85. The highest BCUT2D eigenvalue weighted by Crippen LogP contribution is 2.52. The van der Waals surface area contributed by atoms with Crippen molar-refractivity contribution in [2.75, 3.05) is 21.3 Å². The molecule has 2 bridgehead atoms. The predicted octanol–water partition coefficient (Wildman–Crippen LogP) is 1.85. The normalized spacial score (nSPS) is 29.0. The summed E-state index contributed by atoms with van der Waals surface area (Å²) in [7, 11) is 4.59. The molecular formula is C19H20N2O5. The summed E-state index contributed by atoms with van der Waals surface area (Å²) in [5.74, 6) is 0.908. The summed E-state index contributed by atoms with van der Waals surface area (Å²) in [6.07, 6.45) is 6.46. The number of imide groups is 1. The molecule has 1 heterocycles. The average molecular weight is 356 g/mol. The van der Waals surface area contributed by atoms with Crippen molar-refractivity contribution < 1.29 is 23.8 Å². The number of amides is 2. The molecule has 7 heteroatoms. The predicted molar refractivity (Wildman–Crippen MR) is 93.3 cm³/mol. The molecule has 1 aromatic carbocycles. The molecule has 1 saturated carbocycles. The van der Waals surface area contributed by atoms with Gasteiger partial charge in [0.2, 0.25) is 0 Å². The van der Waals surface area contributed by atoms with Crippen LogP contribution in [0.15, 0.2) is 29.4 Å². The Kier molecular flexibility index (Phi) is 3.94. The van der Waals surface area contributed by atoms with Crippen LogP contribution < -0.4 is 14.2 Å². The van der Waals surface area contributed by atoms with E-state index in [4.69, 9.17) is 14.2 Å². The van der Waals surface area contributed by atoms with Gasteiger partial charge in [-0.15, -0.1) is 0 Å². The molecule has 3 aliphatic rings. The Morgan fingerprint density at radius 3 is 2.00 bits per heavy atom. The first-order valence-electron chi connectivity index (χ1n) is 8.49. The average Bonchev–Trinajstić information content (AvgIpc) is 3.34. The second-order valence-corrected chi connectivity index (χ2v) is 6.68. The van der Waals surface area contributed by atoms with Crippen LogP contribution in [-0.4, -0.2) is 44.4 Å². The molecule has 2 aliphatic carbocycles. The molecular weight excluding hydrogens is 336 g/mol. The number of hydrogen-bond donors (Lipinski definition) is 0. The van der Waals surface area contributed by atoms with E-state index >= 15 is 0 Å². The lowest BCUT2D eigenvalue weighted by Crippen LogP contribution is -2.28. The van der Waals surface area contributed by atoms with Crippen molar-refractivity contribution >= 4 is 18.0 Å². The Hall–Kier alpha value is -2.83. The molecule has 1 aliphatic heterocycles. The molecule has 4 atom stereocenters. The molecule has 0 unspecified atom stereocenters. The summed E-state index contributed by atoms with van der Waals surface area (Å²) in [5.41, 5.74) is 0.587. The summed E-state index contributed by atoms with van der Waals surface area (Å²) in [6.45, 7) is 0. The minimum absolute atomic E-state index is 0.164. The summed E-state index contributed by atoms with van der Waals surface area (Å²) in [5, 5.41) is 5.19. The minimum Gasteiger partial charge on any atom is -0.496 e. The zero-order valence-corrected chi connectivity index (χ0v) is 14.8. The highest BCUT2D eigenvalue weighted by Gasteiger charge is 2.59. The maximum Gasteiger partial charge on any atom is 0.254 e. The number of nitrogens with zero attached hydrogens (tertiary/aromatic N) is 2. The second kappa shape index (κ2) is 6.16. The fourth-order valence-electron chi connectivity index (χ4n) is 4.27. The van der Waals surface area contributed by atoms with Gasteiger partial charge in [0.25, 0.3) is 11.8 Å². The minimum atomic E-state index is -0.262. The molecule has 0 N–H and O–H groups in total. The molecule has 26 heavy (non-hydrogen) atoms. The number of allylic oxidation sites excluding steroid dienone is 2. The first-order chi connectivity index (χ1) is 12.6. The van der Waals surface area contributed by atoms with E-state index in [1.165, 1.54) is 27.5 Å². The number of carbonyl (C=O) groups is 2. The Bertz CT molecular complexity index is 801.